The topological polar surface area (TPSA) is 38.8 Å². The standard InChI is InChI=1S/C26H27ClFNO3/c1-26(2,3)32-25(30)23-15-22(17-4-5-17)18(14-24(23)28)16-29-12-10-21(11-13-29)31-20-8-6-19(27)7-9-20/h6-12,14-15,17H,4-5,13,16H2,1-3H3. The molecule has 1 aliphatic heterocycles. The first-order valence-corrected chi connectivity index (χ1v) is 11.2. The van der Waals surface area contributed by atoms with Crippen molar-refractivity contribution in [2.24, 2.45) is 0 Å². The van der Waals surface area contributed by atoms with Crippen LogP contribution in [0.3, 0.4) is 0 Å². The van der Waals surface area contributed by atoms with Gasteiger partial charge in [0.05, 0.1) is 5.56 Å². The Morgan fingerprint density at radius 3 is 2.50 bits per heavy atom. The molecule has 0 saturated heterocycles. The Hall–Kier alpha value is -2.79. The molecule has 32 heavy (non-hydrogen) atoms. The first-order chi connectivity index (χ1) is 15.2. The van der Waals surface area contributed by atoms with Crippen LogP contribution in [0.1, 0.15) is 61.0 Å². The monoisotopic (exact) mass is 455 g/mol. The molecular formula is C26H27ClFNO3. The summed E-state index contributed by atoms with van der Waals surface area (Å²) in [6.45, 7) is 6.53. The van der Waals surface area contributed by atoms with Crippen LogP contribution >= 0.6 is 11.6 Å². The van der Waals surface area contributed by atoms with Crippen LogP contribution in [-0.4, -0.2) is 23.0 Å². The lowest BCUT2D eigenvalue weighted by Gasteiger charge is -2.25. The minimum Gasteiger partial charge on any atom is -0.458 e. The fourth-order valence-electron chi connectivity index (χ4n) is 3.60. The van der Waals surface area contributed by atoms with E-state index in [9.17, 15) is 9.18 Å². The van der Waals surface area contributed by atoms with Crippen molar-refractivity contribution in [3.63, 3.8) is 0 Å². The Bertz CT molecular complexity index is 1070. The van der Waals surface area contributed by atoms with Crippen molar-refractivity contribution < 1.29 is 18.7 Å². The van der Waals surface area contributed by atoms with Crippen molar-refractivity contribution in [3.05, 3.63) is 88.0 Å². The van der Waals surface area contributed by atoms with E-state index in [0.29, 0.717) is 24.0 Å². The van der Waals surface area contributed by atoms with Gasteiger partial charge in [-0.3, -0.25) is 0 Å². The Balaban J connectivity index is 1.46. The van der Waals surface area contributed by atoms with Gasteiger partial charge in [0.25, 0.3) is 0 Å². The number of ether oxygens (including phenoxy) is 2. The molecule has 6 heteroatoms. The SMILES string of the molecule is CC(C)(C)OC(=O)c1cc(C2CC2)c(CN2C=CC(Oc3ccc(Cl)cc3)=CC2)cc1F. The van der Waals surface area contributed by atoms with E-state index in [1.54, 1.807) is 39.0 Å². The highest BCUT2D eigenvalue weighted by Gasteiger charge is 2.30. The average Bonchev–Trinajstić information content (AvgIpc) is 3.55. The molecule has 0 bridgehead atoms. The molecule has 0 amide bonds. The summed E-state index contributed by atoms with van der Waals surface area (Å²) >= 11 is 5.91. The minimum absolute atomic E-state index is 0.0123. The van der Waals surface area contributed by atoms with Gasteiger partial charge in [-0.25, -0.2) is 9.18 Å². The smallest absolute Gasteiger partial charge is 0.341 e. The highest BCUT2D eigenvalue weighted by Crippen LogP contribution is 2.43. The number of rotatable bonds is 6. The van der Waals surface area contributed by atoms with Crippen LogP contribution in [0, 0.1) is 5.82 Å². The molecule has 168 valence electrons. The van der Waals surface area contributed by atoms with E-state index in [1.807, 2.05) is 30.5 Å². The number of hydrogen-bond acceptors (Lipinski definition) is 4. The zero-order valence-electron chi connectivity index (χ0n) is 18.5. The second-order valence-electron chi connectivity index (χ2n) is 9.21. The van der Waals surface area contributed by atoms with Crippen LogP contribution in [0.5, 0.6) is 5.75 Å². The molecule has 1 fully saturated rings. The van der Waals surface area contributed by atoms with E-state index in [1.165, 1.54) is 6.07 Å². The molecule has 0 radical (unpaired) electrons. The molecular weight excluding hydrogens is 429 g/mol. The maximum Gasteiger partial charge on any atom is 0.341 e. The number of halogens is 2. The van der Waals surface area contributed by atoms with Gasteiger partial charge in [-0.2, -0.15) is 0 Å². The summed E-state index contributed by atoms with van der Waals surface area (Å²) in [5.74, 6) is 0.682. The van der Waals surface area contributed by atoms with Gasteiger partial charge in [0.15, 0.2) is 0 Å². The summed E-state index contributed by atoms with van der Waals surface area (Å²) in [5, 5.41) is 0.660. The van der Waals surface area contributed by atoms with Gasteiger partial charge in [-0.1, -0.05) is 11.6 Å². The van der Waals surface area contributed by atoms with Gasteiger partial charge in [0.2, 0.25) is 0 Å². The zero-order valence-corrected chi connectivity index (χ0v) is 19.3. The molecule has 1 heterocycles. The van der Waals surface area contributed by atoms with E-state index >= 15 is 0 Å². The summed E-state index contributed by atoms with van der Waals surface area (Å²) in [5.41, 5.74) is 1.28. The Morgan fingerprint density at radius 1 is 1.19 bits per heavy atom. The number of carbonyl (C=O) groups is 1. The van der Waals surface area contributed by atoms with E-state index in [0.717, 1.165) is 35.5 Å². The number of esters is 1. The summed E-state index contributed by atoms with van der Waals surface area (Å²) in [6.07, 6.45) is 7.93. The maximum atomic E-state index is 14.8. The summed E-state index contributed by atoms with van der Waals surface area (Å²) in [4.78, 5) is 14.6. The van der Waals surface area contributed by atoms with Gasteiger partial charge < -0.3 is 14.4 Å². The van der Waals surface area contributed by atoms with Gasteiger partial charge in [-0.15, -0.1) is 0 Å². The van der Waals surface area contributed by atoms with Crippen molar-refractivity contribution >= 4 is 17.6 Å². The lowest BCUT2D eigenvalue weighted by molar-refractivity contribution is 0.00645. The predicted octanol–water partition coefficient (Wildman–Crippen LogP) is 6.60. The zero-order chi connectivity index (χ0) is 22.9. The van der Waals surface area contributed by atoms with Gasteiger partial charge >= 0.3 is 5.97 Å². The second kappa shape index (κ2) is 8.99. The number of allylic oxidation sites excluding steroid dienone is 1. The Labute approximate surface area is 193 Å². The summed E-state index contributed by atoms with van der Waals surface area (Å²) in [6, 6.07) is 10.4. The van der Waals surface area contributed by atoms with Gasteiger partial charge in [0, 0.05) is 24.3 Å². The molecule has 0 spiro atoms. The lowest BCUT2D eigenvalue weighted by atomic mass is 9.98. The van der Waals surface area contributed by atoms with Gasteiger partial charge in [-0.05, 0) is 99.2 Å². The van der Waals surface area contributed by atoms with Crippen molar-refractivity contribution in [3.8, 4) is 5.75 Å². The molecule has 0 unspecified atom stereocenters. The van der Waals surface area contributed by atoms with E-state index in [4.69, 9.17) is 21.1 Å². The molecule has 0 aromatic heterocycles. The third-order valence-corrected chi connectivity index (χ3v) is 5.52. The maximum absolute atomic E-state index is 14.8. The van der Waals surface area contributed by atoms with Crippen LogP contribution in [-0.2, 0) is 11.3 Å². The van der Waals surface area contributed by atoms with E-state index in [-0.39, 0.29) is 5.56 Å². The van der Waals surface area contributed by atoms with Crippen LogP contribution < -0.4 is 4.74 Å². The molecule has 2 aromatic carbocycles. The predicted molar refractivity (Wildman–Crippen MR) is 123 cm³/mol. The molecule has 1 saturated carbocycles. The van der Waals surface area contributed by atoms with Crippen molar-refractivity contribution in [1.29, 1.82) is 0 Å². The van der Waals surface area contributed by atoms with E-state index in [2.05, 4.69) is 4.90 Å². The number of nitrogens with zero attached hydrogens (tertiary/aromatic N) is 1. The third-order valence-electron chi connectivity index (χ3n) is 5.26. The second-order valence-corrected chi connectivity index (χ2v) is 9.65. The van der Waals surface area contributed by atoms with Gasteiger partial charge in [0.1, 0.15) is 22.9 Å². The fourth-order valence-corrected chi connectivity index (χ4v) is 3.72. The first-order valence-electron chi connectivity index (χ1n) is 10.8. The quantitative estimate of drug-likeness (QED) is 0.460. The summed E-state index contributed by atoms with van der Waals surface area (Å²) in [7, 11) is 0. The normalized spacial score (nSPS) is 16.0. The third kappa shape index (κ3) is 5.71. The molecule has 2 aromatic rings. The molecule has 2 aliphatic rings. The van der Waals surface area contributed by atoms with Crippen LogP contribution in [0.15, 0.2) is 60.5 Å². The Morgan fingerprint density at radius 2 is 1.91 bits per heavy atom. The van der Waals surface area contributed by atoms with Crippen molar-refractivity contribution in [1.82, 2.24) is 4.90 Å². The summed E-state index contributed by atoms with van der Waals surface area (Å²) < 4.78 is 26.1. The molecule has 0 N–H and O–H groups in total. The molecule has 4 rings (SSSR count). The van der Waals surface area contributed by atoms with Crippen LogP contribution in [0.25, 0.3) is 0 Å². The highest BCUT2D eigenvalue weighted by atomic mass is 35.5. The highest BCUT2D eigenvalue weighted by molar-refractivity contribution is 6.30. The van der Waals surface area contributed by atoms with Crippen LogP contribution in [0.4, 0.5) is 4.39 Å². The minimum atomic E-state index is -0.668. The molecule has 4 nitrogen and oxygen atoms in total. The Kier molecular flexibility index (Phi) is 6.29. The molecule has 1 aliphatic carbocycles. The van der Waals surface area contributed by atoms with Crippen molar-refractivity contribution in [2.75, 3.05) is 6.54 Å². The van der Waals surface area contributed by atoms with E-state index < -0.39 is 17.4 Å². The van der Waals surface area contributed by atoms with Crippen molar-refractivity contribution in [2.45, 2.75) is 51.7 Å². The largest absolute Gasteiger partial charge is 0.458 e. The lowest BCUT2D eigenvalue weighted by Crippen LogP contribution is -2.25. The average molecular weight is 456 g/mol. The first kappa shape index (κ1) is 22.4. The number of carbonyl (C=O) groups excluding carboxylic acids is 1. The number of hydrogen-bond donors (Lipinski definition) is 0. The fraction of sp³-hybridized carbons (Fsp3) is 0.346. The number of benzene rings is 2. The molecule has 0 atom stereocenters. The van der Waals surface area contributed by atoms with Crippen LogP contribution in [0.2, 0.25) is 5.02 Å².